The van der Waals surface area contributed by atoms with Gasteiger partial charge in [0.2, 0.25) is 6.79 Å². The lowest BCUT2D eigenvalue weighted by molar-refractivity contribution is -0.130. The lowest BCUT2D eigenvalue weighted by Crippen LogP contribution is -2.37. The Morgan fingerprint density at radius 3 is 2.81 bits per heavy atom. The molecule has 138 valence electrons. The summed E-state index contributed by atoms with van der Waals surface area (Å²) in [6.45, 7) is 2.17. The SMILES string of the molecule is CC[C@@H](OC(=O)c1nsc(Cl)c1Cl)C(=O)NCc1ccc2c(c1)OCO2. The van der Waals surface area contributed by atoms with Gasteiger partial charge in [-0.05, 0) is 35.6 Å². The van der Waals surface area contributed by atoms with Gasteiger partial charge < -0.3 is 19.5 Å². The van der Waals surface area contributed by atoms with Crippen molar-refractivity contribution in [3.63, 3.8) is 0 Å². The molecular formula is C16H14Cl2N2O5S. The summed E-state index contributed by atoms with van der Waals surface area (Å²) >= 11 is 12.6. The van der Waals surface area contributed by atoms with E-state index in [1.807, 2.05) is 6.07 Å². The van der Waals surface area contributed by atoms with E-state index in [0.717, 1.165) is 17.1 Å². The number of hydrogen-bond donors (Lipinski definition) is 1. The van der Waals surface area contributed by atoms with Crippen molar-refractivity contribution in [1.29, 1.82) is 0 Å². The Bertz CT molecular complexity index is 842. The quantitative estimate of drug-likeness (QED) is 0.725. The molecule has 7 nitrogen and oxygen atoms in total. The van der Waals surface area contributed by atoms with Crippen LogP contribution < -0.4 is 14.8 Å². The van der Waals surface area contributed by atoms with Crippen LogP contribution in [0.5, 0.6) is 11.5 Å². The summed E-state index contributed by atoms with van der Waals surface area (Å²) in [5.74, 6) is 0.0868. The lowest BCUT2D eigenvalue weighted by atomic mass is 10.2. The second-order valence-corrected chi connectivity index (χ2v) is 7.08. The molecule has 2 aromatic rings. The zero-order chi connectivity index (χ0) is 18.7. The van der Waals surface area contributed by atoms with Crippen molar-refractivity contribution in [1.82, 2.24) is 9.69 Å². The number of ether oxygens (including phenoxy) is 3. The van der Waals surface area contributed by atoms with Crippen molar-refractivity contribution in [3.8, 4) is 11.5 Å². The Hall–Kier alpha value is -2.03. The first kappa shape index (κ1) is 18.8. The molecule has 1 aliphatic rings. The Morgan fingerprint density at radius 1 is 1.35 bits per heavy atom. The molecule has 0 fully saturated rings. The third-order valence-electron chi connectivity index (χ3n) is 3.61. The average Bonchev–Trinajstić information content (AvgIpc) is 3.24. The molecule has 1 aromatic carbocycles. The smallest absolute Gasteiger partial charge is 0.360 e. The van der Waals surface area contributed by atoms with Gasteiger partial charge in [-0.3, -0.25) is 4.79 Å². The highest BCUT2D eigenvalue weighted by Crippen LogP contribution is 2.32. The van der Waals surface area contributed by atoms with Gasteiger partial charge in [0, 0.05) is 6.54 Å². The third-order valence-corrected chi connectivity index (χ3v) is 5.22. The van der Waals surface area contributed by atoms with Gasteiger partial charge in [0.25, 0.3) is 5.91 Å². The zero-order valence-electron chi connectivity index (χ0n) is 13.6. The van der Waals surface area contributed by atoms with E-state index < -0.39 is 18.0 Å². The molecule has 10 heteroatoms. The predicted molar refractivity (Wildman–Crippen MR) is 96.0 cm³/mol. The van der Waals surface area contributed by atoms with Crippen LogP contribution in [0, 0.1) is 0 Å². The highest BCUT2D eigenvalue weighted by Gasteiger charge is 2.26. The number of nitrogens with zero attached hydrogens (tertiary/aromatic N) is 1. The molecule has 0 bridgehead atoms. The first-order valence-corrected chi connectivity index (χ1v) is 9.20. The molecule has 3 rings (SSSR count). The van der Waals surface area contributed by atoms with Crippen molar-refractivity contribution >= 4 is 46.6 Å². The summed E-state index contributed by atoms with van der Waals surface area (Å²) in [6.07, 6.45) is -0.665. The number of esters is 1. The molecule has 2 heterocycles. The van der Waals surface area contributed by atoms with Gasteiger partial charge >= 0.3 is 5.97 Å². The highest BCUT2D eigenvalue weighted by molar-refractivity contribution is 7.11. The fourth-order valence-electron chi connectivity index (χ4n) is 2.25. The molecule has 0 saturated carbocycles. The number of carbonyl (C=O) groups is 2. The van der Waals surface area contributed by atoms with Gasteiger partial charge in [-0.1, -0.05) is 36.2 Å². The number of rotatable bonds is 6. The van der Waals surface area contributed by atoms with Crippen molar-refractivity contribution in [2.45, 2.75) is 26.0 Å². The number of halogens is 2. The van der Waals surface area contributed by atoms with Crippen molar-refractivity contribution in [2.75, 3.05) is 6.79 Å². The Labute approximate surface area is 163 Å². The van der Waals surface area contributed by atoms with Crippen LogP contribution in [0.1, 0.15) is 29.4 Å². The molecule has 0 aliphatic carbocycles. The first-order valence-electron chi connectivity index (χ1n) is 7.67. The second kappa shape index (κ2) is 8.11. The Kier molecular flexibility index (Phi) is 5.85. The van der Waals surface area contributed by atoms with Crippen LogP contribution in [0.15, 0.2) is 18.2 Å². The Balaban J connectivity index is 1.58. The number of aromatic nitrogens is 1. The lowest BCUT2D eigenvalue weighted by Gasteiger charge is -2.15. The van der Waals surface area contributed by atoms with Crippen molar-refractivity contribution in [3.05, 3.63) is 38.8 Å². The number of nitrogens with one attached hydrogen (secondary N) is 1. The molecule has 0 spiro atoms. The van der Waals surface area contributed by atoms with Crippen LogP contribution in [-0.4, -0.2) is 29.1 Å². The van der Waals surface area contributed by atoms with E-state index in [1.165, 1.54) is 0 Å². The number of fused-ring (bicyclic) bond motifs is 1. The van der Waals surface area contributed by atoms with Crippen molar-refractivity contribution < 1.29 is 23.8 Å². The number of amides is 1. The second-order valence-electron chi connectivity index (χ2n) is 5.33. The zero-order valence-corrected chi connectivity index (χ0v) is 15.9. The minimum Gasteiger partial charge on any atom is -0.454 e. The number of benzene rings is 1. The third kappa shape index (κ3) is 4.03. The summed E-state index contributed by atoms with van der Waals surface area (Å²) in [6, 6.07) is 5.37. The summed E-state index contributed by atoms with van der Waals surface area (Å²) in [7, 11) is 0. The molecule has 0 unspecified atom stereocenters. The van der Waals surface area contributed by atoms with Crippen LogP contribution in [0.3, 0.4) is 0 Å². The van der Waals surface area contributed by atoms with E-state index in [1.54, 1.807) is 19.1 Å². The van der Waals surface area contributed by atoms with Crippen LogP contribution in [-0.2, 0) is 16.1 Å². The molecule has 1 atom stereocenters. The number of hydrogen-bond acceptors (Lipinski definition) is 7. The maximum atomic E-state index is 12.3. The number of carbonyl (C=O) groups excluding carboxylic acids is 2. The molecule has 1 aliphatic heterocycles. The highest BCUT2D eigenvalue weighted by atomic mass is 35.5. The standard InChI is InChI=1S/C16H14Cl2N2O5S/c1-2-9(25-16(22)13-12(17)14(18)26-20-13)15(21)19-6-8-3-4-10-11(5-8)24-7-23-10/h3-5,9H,2,6-7H2,1H3,(H,19,21)/t9-/m1/s1. The predicted octanol–water partition coefficient (Wildman–Crippen LogP) is 3.43. The Morgan fingerprint density at radius 2 is 2.12 bits per heavy atom. The minimum absolute atomic E-state index is 0.0253. The van der Waals surface area contributed by atoms with Crippen LogP contribution in [0.4, 0.5) is 0 Å². The summed E-state index contributed by atoms with van der Waals surface area (Å²) in [5, 5.41) is 2.75. The molecule has 0 saturated heterocycles. The van der Waals surface area contributed by atoms with Crippen LogP contribution in [0.2, 0.25) is 9.36 Å². The molecule has 26 heavy (non-hydrogen) atoms. The maximum absolute atomic E-state index is 12.3. The van der Waals surface area contributed by atoms with Gasteiger partial charge in [0.15, 0.2) is 23.3 Å². The van der Waals surface area contributed by atoms with E-state index >= 15 is 0 Å². The van der Waals surface area contributed by atoms with E-state index in [-0.39, 0.29) is 28.4 Å². The van der Waals surface area contributed by atoms with Gasteiger partial charge in [-0.15, -0.1) is 0 Å². The fraction of sp³-hybridized carbons (Fsp3) is 0.312. The van der Waals surface area contributed by atoms with Gasteiger partial charge in [0.1, 0.15) is 9.36 Å². The molecule has 1 N–H and O–H groups in total. The fourth-order valence-corrected chi connectivity index (χ4v) is 3.23. The topological polar surface area (TPSA) is 86.8 Å². The maximum Gasteiger partial charge on any atom is 0.360 e. The van der Waals surface area contributed by atoms with E-state index in [0.29, 0.717) is 17.9 Å². The normalized spacial score (nSPS) is 13.3. The van der Waals surface area contributed by atoms with Gasteiger partial charge in [-0.2, -0.15) is 4.37 Å². The molecular weight excluding hydrogens is 403 g/mol. The largest absolute Gasteiger partial charge is 0.454 e. The molecule has 1 amide bonds. The molecule has 1 aromatic heterocycles. The van der Waals surface area contributed by atoms with Gasteiger partial charge in [0.05, 0.1) is 0 Å². The molecule has 0 radical (unpaired) electrons. The van der Waals surface area contributed by atoms with Crippen LogP contribution >= 0.6 is 34.7 Å². The first-order chi connectivity index (χ1) is 12.5. The van der Waals surface area contributed by atoms with E-state index in [2.05, 4.69) is 9.69 Å². The summed E-state index contributed by atoms with van der Waals surface area (Å²) < 4.78 is 19.8. The summed E-state index contributed by atoms with van der Waals surface area (Å²) in [5.41, 5.74) is 0.738. The monoisotopic (exact) mass is 416 g/mol. The van der Waals surface area contributed by atoms with Crippen LogP contribution in [0.25, 0.3) is 0 Å². The average molecular weight is 417 g/mol. The van der Waals surface area contributed by atoms with E-state index in [4.69, 9.17) is 37.4 Å². The van der Waals surface area contributed by atoms with E-state index in [9.17, 15) is 9.59 Å². The summed E-state index contributed by atoms with van der Waals surface area (Å²) in [4.78, 5) is 24.4. The van der Waals surface area contributed by atoms with Crippen molar-refractivity contribution in [2.24, 2.45) is 0 Å². The minimum atomic E-state index is -0.965. The van der Waals surface area contributed by atoms with Gasteiger partial charge in [-0.25, -0.2) is 4.79 Å².